The average molecular weight is 224 g/mol. The number of hydrogen-bond donors (Lipinski definition) is 0. The number of benzene rings is 1. The number of nitrogens with zero attached hydrogens (tertiary/aromatic N) is 2. The Kier molecular flexibility index (Phi) is 2.48. The van der Waals surface area contributed by atoms with Crippen molar-refractivity contribution >= 4 is 22.0 Å². The SMILES string of the molecule is CCCN1C=NS(=O)(=O)c2ccccc21. The third kappa shape index (κ3) is 1.74. The highest BCUT2D eigenvalue weighted by Crippen LogP contribution is 2.28. The van der Waals surface area contributed by atoms with E-state index in [9.17, 15) is 8.42 Å². The van der Waals surface area contributed by atoms with Crippen molar-refractivity contribution in [1.82, 2.24) is 0 Å². The highest BCUT2D eigenvalue weighted by Gasteiger charge is 2.23. The van der Waals surface area contributed by atoms with Crippen molar-refractivity contribution in [2.24, 2.45) is 4.40 Å². The Labute approximate surface area is 89.3 Å². The first-order valence-electron chi connectivity index (χ1n) is 4.81. The van der Waals surface area contributed by atoms with Gasteiger partial charge in [-0.2, -0.15) is 8.42 Å². The van der Waals surface area contributed by atoms with Gasteiger partial charge in [0.25, 0.3) is 10.0 Å². The van der Waals surface area contributed by atoms with E-state index < -0.39 is 10.0 Å². The molecule has 0 aromatic heterocycles. The van der Waals surface area contributed by atoms with Crippen LogP contribution in [0.15, 0.2) is 33.6 Å². The van der Waals surface area contributed by atoms with Crippen LogP contribution in [-0.4, -0.2) is 21.3 Å². The van der Waals surface area contributed by atoms with Crippen LogP contribution in [0.25, 0.3) is 0 Å². The zero-order valence-corrected chi connectivity index (χ0v) is 9.24. The van der Waals surface area contributed by atoms with Gasteiger partial charge in [0.05, 0.1) is 5.69 Å². The monoisotopic (exact) mass is 224 g/mol. The van der Waals surface area contributed by atoms with Crippen LogP contribution in [0.5, 0.6) is 0 Å². The lowest BCUT2D eigenvalue weighted by atomic mass is 10.3. The lowest BCUT2D eigenvalue weighted by molar-refractivity contribution is 0.597. The molecule has 2 rings (SSSR count). The van der Waals surface area contributed by atoms with Crippen LogP contribution in [0.1, 0.15) is 13.3 Å². The standard InChI is InChI=1S/C10H12N2O2S/c1-2-7-12-8-11-15(13,14)10-6-4-3-5-9(10)12/h3-6,8H,2,7H2,1H3. The minimum absolute atomic E-state index is 0.293. The van der Waals surface area contributed by atoms with Crippen LogP contribution in [-0.2, 0) is 10.0 Å². The maximum absolute atomic E-state index is 11.6. The Balaban J connectivity index is 2.55. The Morgan fingerprint density at radius 1 is 1.33 bits per heavy atom. The molecule has 4 nitrogen and oxygen atoms in total. The smallest absolute Gasteiger partial charge is 0.285 e. The van der Waals surface area contributed by atoms with E-state index in [4.69, 9.17) is 0 Å². The molecule has 1 aromatic rings. The second kappa shape index (κ2) is 3.66. The molecule has 0 atom stereocenters. The summed E-state index contributed by atoms with van der Waals surface area (Å²) in [7, 11) is -3.47. The van der Waals surface area contributed by atoms with E-state index in [2.05, 4.69) is 4.40 Å². The molecular formula is C10H12N2O2S. The summed E-state index contributed by atoms with van der Waals surface area (Å²) in [4.78, 5) is 2.15. The van der Waals surface area contributed by atoms with Gasteiger partial charge in [0, 0.05) is 6.54 Å². The Morgan fingerprint density at radius 2 is 2.07 bits per heavy atom. The third-order valence-electron chi connectivity index (χ3n) is 2.24. The van der Waals surface area contributed by atoms with E-state index in [1.54, 1.807) is 18.2 Å². The number of hydrogen-bond acceptors (Lipinski definition) is 3. The normalized spacial score (nSPS) is 17.5. The van der Waals surface area contributed by atoms with Gasteiger partial charge in [-0.25, -0.2) is 0 Å². The van der Waals surface area contributed by atoms with Gasteiger partial charge in [0.1, 0.15) is 11.2 Å². The summed E-state index contributed by atoms with van der Waals surface area (Å²) in [5.74, 6) is 0. The number of anilines is 1. The van der Waals surface area contributed by atoms with Crippen molar-refractivity contribution in [3.05, 3.63) is 24.3 Å². The highest BCUT2D eigenvalue weighted by molar-refractivity contribution is 7.90. The third-order valence-corrected chi connectivity index (χ3v) is 3.52. The fourth-order valence-electron chi connectivity index (χ4n) is 1.57. The van der Waals surface area contributed by atoms with Gasteiger partial charge in [-0.1, -0.05) is 19.1 Å². The Hall–Kier alpha value is -1.36. The average Bonchev–Trinajstić information content (AvgIpc) is 2.23. The number of fused-ring (bicyclic) bond motifs is 1. The fraction of sp³-hybridized carbons (Fsp3) is 0.300. The van der Waals surface area contributed by atoms with Crippen molar-refractivity contribution in [2.75, 3.05) is 11.4 Å². The highest BCUT2D eigenvalue weighted by atomic mass is 32.2. The van der Waals surface area contributed by atoms with Gasteiger partial charge < -0.3 is 4.90 Å². The van der Waals surface area contributed by atoms with Crippen LogP contribution in [0.2, 0.25) is 0 Å². The first-order valence-corrected chi connectivity index (χ1v) is 6.25. The van der Waals surface area contributed by atoms with Crippen LogP contribution < -0.4 is 4.90 Å². The van der Waals surface area contributed by atoms with E-state index in [0.717, 1.165) is 13.0 Å². The maximum Gasteiger partial charge on any atom is 0.285 e. The van der Waals surface area contributed by atoms with E-state index in [1.165, 1.54) is 6.34 Å². The molecule has 0 fully saturated rings. The first-order chi connectivity index (χ1) is 7.15. The largest absolute Gasteiger partial charge is 0.331 e. The first kappa shape index (κ1) is 10.2. The van der Waals surface area contributed by atoms with Gasteiger partial charge in [0.15, 0.2) is 0 Å². The predicted octanol–water partition coefficient (Wildman–Crippen LogP) is 1.63. The van der Waals surface area contributed by atoms with Crippen molar-refractivity contribution < 1.29 is 8.42 Å². The quantitative estimate of drug-likeness (QED) is 0.767. The van der Waals surface area contributed by atoms with Crippen molar-refractivity contribution in [2.45, 2.75) is 18.2 Å². The molecule has 0 N–H and O–H groups in total. The second-order valence-corrected chi connectivity index (χ2v) is 4.96. The van der Waals surface area contributed by atoms with E-state index >= 15 is 0 Å². The molecule has 0 spiro atoms. The topological polar surface area (TPSA) is 49.7 Å². The molecule has 1 aliphatic rings. The minimum atomic E-state index is -3.47. The van der Waals surface area contributed by atoms with Gasteiger partial charge in [-0.05, 0) is 18.6 Å². The lowest BCUT2D eigenvalue weighted by Gasteiger charge is -2.24. The van der Waals surface area contributed by atoms with Crippen LogP contribution in [0.4, 0.5) is 5.69 Å². The van der Waals surface area contributed by atoms with Gasteiger partial charge in [-0.3, -0.25) is 0 Å². The van der Waals surface area contributed by atoms with Crippen molar-refractivity contribution in [1.29, 1.82) is 0 Å². The number of rotatable bonds is 2. The number of para-hydroxylation sites is 1. The molecule has 0 saturated heterocycles. The van der Waals surface area contributed by atoms with Crippen LogP contribution in [0.3, 0.4) is 0 Å². The summed E-state index contributed by atoms with van der Waals surface area (Å²) in [6.45, 7) is 2.82. The molecule has 5 heteroatoms. The second-order valence-electron chi connectivity index (χ2n) is 3.36. The summed E-state index contributed by atoms with van der Waals surface area (Å²) >= 11 is 0. The van der Waals surface area contributed by atoms with Crippen LogP contribution >= 0.6 is 0 Å². The molecule has 0 amide bonds. The molecule has 15 heavy (non-hydrogen) atoms. The molecule has 1 aliphatic heterocycles. The predicted molar refractivity (Wildman–Crippen MR) is 59.8 cm³/mol. The zero-order valence-electron chi connectivity index (χ0n) is 8.42. The Bertz CT molecular complexity index is 494. The minimum Gasteiger partial charge on any atom is -0.331 e. The van der Waals surface area contributed by atoms with Gasteiger partial charge >= 0.3 is 0 Å². The Morgan fingerprint density at radius 3 is 2.80 bits per heavy atom. The van der Waals surface area contributed by atoms with Crippen molar-refractivity contribution in [3.63, 3.8) is 0 Å². The summed E-state index contributed by atoms with van der Waals surface area (Å²) in [5.41, 5.74) is 0.717. The number of sulfonamides is 1. The molecule has 0 radical (unpaired) electrons. The summed E-state index contributed by atoms with van der Waals surface area (Å²) in [6.07, 6.45) is 2.33. The van der Waals surface area contributed by atoms with Crippen LogP contribution in [0, 0.1) is 0 Å². The lowest BCUT2D eigenvalue weighted by Crippen LogP contribution is -2.27. The van der Waals surface area contributed by atoms with E-state index in [1.807, 2.05) is 17.9 Å². The molecule has 1 aromatic carbocycles. The molecule has 0 saturated carbocycles. The molecule has 0 bridgehead atoms. The van der Waals surface area contributed by atoms with Crippen molar-refractivity contribution in [3.8, 4) is 0 Å². The molecule has 1 heterocycles. The molecule has 80 valence electrons. The molecule has 0 aliphatic carbocycles. The molecule has 0 unspecified atom stereocenters. The summed E-state index contributed by atoms with van der Waals surface area (Å²) in [5, 5.41) is 0. The maximum atomic E-state index is 11.6. The summed E-state index contributed by atoms with van der Waals surface area (Å²) in [6, 6.07) is 6.93. The van der Waals surface area contributed by atoms with E-state index in [-0.39, 0.29) is 0 Å². The fourth-order valence-corrected chi connectivity index (χ4v) is 2.62. The molecular weight excluding hydrogens is 212 g/mol. The van der Waals surface area contributed by atoms with Gasteiger partial charge in [-0.15, -0.1) is 4.40 Å². The summed E-state index contributed by atoms with van der Waals surface area (Å²) < 4.78 is 26.8. The zero-order chi connectivity index (χ0) is 10.9. The van der Waals surface area contributed by atoms with Gasteiger partial charge in [0.2, 0.25) is 0 Å². The van der Waals surface area contributed by atoms with E-state index in [0.29, 0.717) is 10.6 Å².